The molecular weight excluding hydrogens is 355 g/mol. The quantitative estimate of drug-likeness (QED) is 0.628. The van der Waals surface area contributed by atoms with Crippen molar-refractivity contribution in [1.82, 2.24) is 5.43 Å². The monoisotopic (exact) mass is 374 g/mol. The zero-order chi connectivity index (χ0) is 14.9. The number of benzene rings is 1. The van der Waals surface area contributed by atoms with Gasteiger partial charge in [-0.15, -0.1) is 0 Å². The molecule has 6 heteroatoms. The van der Waals surface area contributed by atoms with Gasteiger partial charge < -0.3 is 4.74 Å². The van der Waals surface area contributed by atoms with E-state index < -0.39 is 0 Å². The van der Waals surface area contributed by atoms with E-state index in [0.29, 0.717) is 5.92 Å². The fourth-order valence-electron chi connectivity index (χ4n) is 3.45. The van der Waals surface area contributed by atoms with Gasteiger partial charge in [0.1, 0.15) is 5.82 Å². The van der Waals surface area contributed by atoms with Gasteiger partial charge in [-0.1, -0.05) is 15.9 Å². The summed E-state index contributed by atoms with van der Waals surface area (Å²) in [4.78, 5) is 0. The molecule has 0 aromatic heterocycles. The van der Waals surface area contributed by atoms with Crippen LogP contribution in [0.4, 0.5) is 4.39 Å². The van der Waals surface area contributed by atoms with Crippen molar-refractivity contribution in [3.8, 4) is 0 Å². The molecule has 2 saturated heterocycles. The Bertz CT molecular complexity index is 510. The first kappa shape index (κ1) is 15.7. The van der Waals surface area contributed by atoms with Crippen molar-refractivity contribution in [2.45, 2.75) is 30.9 Å². The summed E-state index contributed by atoms with van der Waals surface area (Å²) in [5, 5.41) is 0. The summed E-state index contributed by atoms with van der Waals surface area (Å²) in [5.74, 6) is 8.16. The van der Waals surface area contributed by atoms with Crippen LogP contribution in [0.2, 0.25) is 0 Å². The van der Waals surface area contributed by atoms with E-state index in [9.17, 15) is 4.39 Å². The zero-order valence-corrected chi connectivity index (χ0v) is 14.2. The SMILES string of the molecule is NNC(c1cc(F)ccc1Br)C1CCOC2(CCSC2)C1. The molecule has 21 heavy (non-hydrogen) atoms. The van der Waals surface area contributed by atoms with Gasteiger partial charge in [0.05, 0.1) is 11.6 Å². The van der Waals surface area contributed by atoms with Crippen molar-refractivity contribution in [3.63, 3.8) is 0 Å². The average Bonchev–Trinajstić information content (AvgIpc) is 2.91. The molecule has 0 radical (unpaired) electrons. The molecule has 0 bridgehead atoms. The molecule has 116 valence electrons. The number of hydrogen-bond acceptors (Lipinski definition) is 4. The van der Waals surface area contributed by atoms with E-state index in [2.05, 4.69) is 21.4 Å². The molecule has 0 aliphatic carbocycles. The van der Waals surface area contributed by atoms with Gasteiger partial charge in [-0.05, 0) is 54.7 Å². The maximum absolute atomic E-state index is 13.6. The first-order valence-corrected chi connectivity index (χ1v) is 9.21. The van der Waals surface area contributed by atoms with E-state index in [4.69, 9.17) is 10.6 Å². The maximum atomic E-state index is 13.6. The summed E-state index contributed by atoms with van der Waals surface area (Å²) in [6.07, 6.45) is 3.04. The Kier molecular flexibility index (Phi) is 4.90. The highest BCUT2D eigenvalue weighted by atomic mass is 79.9. The first-order valence-electron chi connectivity index (χ1n) is 7.26. The lowest BCUT2D eigenvalue weighted by molar-refractivity contribution is -0.0854. The predicted octanol–water partition coefficient (Wildman–Crippen LogP) is 3.39. The van der Waals surface area contributed by atoms with Gasteiger partial charge in [-0.25, -0.2) is 4.39 Å². The van der Waals surface area contributed by atoms with Crippen molar-refractivity contribution < 1.29 is 9.13 Å². The number of halogens is 2. The third-order valence-corrected chi connectivity index (χ3v) is 6.49. The lowest BCUT2D eigenvalue weighted by Crippen LogP contribution is -2.45. The molecule has 2 fully saturated rings. The van der Waals surface area contributed by atoms with Crippen LogP contribution in [0.15, 0.2) is 22.7 Å². The van der Waals surface area contributed by atoms with Crippen molar-refractivity contribution in [3.05, 3.63) is 34.1 Å². The molecule has 3 atom stereocenters. The molecule has 0 saturated carbocycles. The summed E-state index contributed by atoms with van der Waals surface area (Å²) >= 11 is 5.47. The molecule has 1 aromatic rings. The summed E-state index contributed by atoms with van der Waals surface area (Å²) in [5.41, 5.74) is 3.80. The van der Waals surface area contributed by atoms with Gasteiger partial charge in [0, 0.05) is 16.8 Å². The maximum Gasteiger partial charge on any atom is 0.123 e. The Hall–Kier alpha value is -0.140. The third-order valence-electron chi connectivity index (χ3n) is 4.54. The minimum Gasteiger partial charge on any atom is -0.374 e. The van der Waals surface area contributed by atoms with E-state index in [1.807, 2.05) is 11.8 Å². The minimum absolute atomic E-state index is 0.00246. The van der Waals surface area contributed by atoms with E-state index in [1.165, 1.54) is 6.07 Å². The molecule has 3 N–H and O–H groups in total. The van der Waals surface area contributed by atoms with Crippen molar-refractivity contribution >= 4 is 27.7 Å². The normalized spacial score (nSPS) is 30.7. The molecular formula is C15H20BrFN2OS. The van der Waals surface area contributed by atoms with Crippen LogP contribution in [-0.2, 0) is 4.74 Å². The van der Waals surface area contributed by atoms with Crippen LogP contribution in [-0.4, -0.2) is 23.7 Å². The van der Waals surface area contributed by atoms with Gasteiger partial charge in [-0.3, -0.25) is 11.3 Å². The van der Waals surface area contributed by atoms with E-state index in [1.54, 1.807) is 12.1 Å². The first-order chi connectivity index (χ1) is 10.1. The fourth-order valence-corrected chi connectivity index (χ4v) is 5.32. The molecule has 3 nitrogen and oxygen atoms in total. The largest absolute Gasteiger partial charge is 0.374 e. The second kappa shape index (κ2) is 6.54. The van der Waals surface area contributed by atoms with E-state index in [-0.39, 0.29) is 17.5 Å². The van der Waals surface area contributed by atoms with Crippen LogP contribution in [0, 0.1) is 11.7 Å². The lowest BCUT2D eigenvalue weighted by Gasteiger charge is -2.41. The molecule has 0 amide bonds. The average molecular weight is 375 g/mol. The molecule has 2 aliphatic heterocycles. The smallest absolute Gasteiger partial charge is 0.123 e. The standard InChI is InChI=1S/C15H20BrFN2OS/c16-13-2-1-11(17)7-12(13)14(19-18)10-3-5-20-15(8-10)4-6-21-9-15/h1-2,7,10,14,19H,3-6,8-9,18H2. The van der Waals surface area contributed by atoms with Gasteiger partial charge in [-0.2, -0.15) is 11.8 Å². The number of nitrogens with one attached hydrogen (secondary N) is 1. The number of hydrazine groups is 1. The van der Waals surface area contributed by atoms with Gasteiger partial charge in [0.2, 0.25) is 0 Å². The summed E-state index contributed by atoms with van der Waals surface area (Å²) in [7, 11) is 0. The summed E-state index contributed by atoms with van der Waals surface area (Å²) in [6, 6.07) is 4.72. The predicted molar refractivity (Wildman–Crippen MR) is 87.5 cm³/mol. The Morgan fingerprint density at radius 2 is 2.38 bits per heavy atom. The number of thioether (sulfide) groups is 1. The zero-order valence-electron chi connectivity index (χ0n) is 11.8. The van der Waals surface area contributed by atoms with Crippen molar-refractivity contribution in [1.29, 1.82) is 0 Å². The van der Waals surface area contributed by atoms with Crippen molar-refractivity contribution in [2.75, 3.05) is 18.1 Å². The molecule has 3 rings (SSSR count). The number of hydrogen-bond donors (Lipinski definition) is 2. The van der Waals surface area contributed by atoms with Gasteiger partial charge in [0.15, 0.2) is 0 Å². The molecule has 1 spiro atoms. The Morgan fingerprint density at radius 3 is 3.10 bits per heavy atom. The molecule has 1 aromatic carbocycles. The number of rotatable bonds is 3. The summed E-state index contributed by atoms with van der Waals surface area (Å²) in [6.45, 7) is 0.760. The van der Waals surface area contributed by atoms with Gasteiger partial charge >= 0.3 is 0 Å². The Labute approximate surface area is 137 Å². The third kappa shape index (κ3) is 3.29. The second-order valence-corrected chi connectivity index (χ2v) is 7.86. The molecule has 2 heterocycles. The summed E-state index contributed by atoms with van der Waals surface area (Å²) < 4.78 is 20.6. The van der Waals surface area contributed by atoms with Crippen LogP contribution in [0.1, 0.15) is 30.9 Å². The number of ether oxygens (including phenoxy) is 1. The molecule has 3 unspecified atom stereocenters. The van der Waals surface area contributed by atoms with Gasteiger partial charge in [0.25, 0.3) is 0 Å². The van der Waals surface area contributed by atoms with Crippen molar-refractivity contribution in [2.24, 2.45) is 11.8 Å². The molecule has 2 aliphatic rings. The highest BCUT2D eigenvalue weighted by Gasteiger charge is 2.42. The van der Waals surface area contributed by atoms with Crippen LogP contribution >= 0.6 is 27.7 Å². The van der Waals surface area contributed by atoms with Crippen LogP contribution in [0.5, 0.6) is 0 Å². The van der Waals surface area contributed by atoms with E-state index in [0.717, 1.165) is 47.4 Å². The second-order valence-electron chi connectivity index (χ2n) is 5.90. The fraction of sp³-hybridized carbons (Fsp3) is 0.600. The highest BCUT2D eigenvalue weighted by Crippen LogP contribution is 2.44. The number of nitrogens with two attached hydrogens (primary N) is 1. The topological polar surface area (TPSA) is 47.3 Å². The minimum atomic E-state index is -0.230. The van der Waals surface area contributed by atoms with E-state index >= 15 is 0 Å². The van der Waals surface area contributed by atoms with Crippen LogP contribution < -0.4 is 11.3 Å². The Balaban J connectivity index is 1.84. The Morgan fingerprint density at radius 1 is 1.52 bits per heavy atom. The highest BCUT2D eigenvalue weighted by molar-refractivity contribution is 9.10. The lowest BCUT2D eigenvalue weighted by atomic mass is 9.79. The van der Waals surface area contributed by atoms with Crippen LogP contribution in [0.25, 0.3) is 0 Å². The van der Waals surface area contributed by atoms with Crippen LogP contribution in [0.3, 0.4) is 0 Å².